The third-order valence-corrected chi connectivity index (χ3v) is 3.36. The Morgan fingerprint density at radius 3 is 2.00 bits per heavy atom. The lowest BCUT2D eigenvalue weighted by molar-refractivity contribution is -0.143. The van der Waals surface area contributed by atoms with Gasteiger partial charge in [-0.05, 0) is 18.2 Å². The number of nitrogens with zero attached hydrogens (tertiary/aromatic N) is 3. The van der Waals surface area contributed by atoms with Crippen LogP contribution in [0.5, 0.6) is 0 Å². The van der Waals surface area contributed by atoms with Crippen LogP contribution in [0.25, 0.3) is 0 Å². The third kappa shape index (κ3) is 4.52. The summed E-state index contributed by atoms with van der Waals surface area (Å²) in [5.74, 6) is -0.958. The van der Waals surface area contributed by atoms with E-state index >= 15 is 0 Å². The van der Waals surface area contributed by atoms with Crippen LogP contribution in [0.15, 0.2) is 30.6 Å². The lowest BCUT2D eigenvalue weighted by atomic mass is 10.0. The van der Waals surface area contributed by atoms with Gasteiger partial charge in [0.2, 0.25) is 0 Å². The van der Waals surface area contributed by atoms with Crippen molar-refractivity contribution in [2.45, 2.75) is 18.9 Å². The Morgan fingerprint density at radius 2 is 1.60 bits per heavy atom. The average molecular weight is 365 g/mol. The van der Waals surface area contributed by atoms with Crippen LogP contribution in [0.1, 0.15) is 27.0 Å². The van der Waals surface area contributed by atoms with E-state index in [4.69, 9.17) is 0 Å². The van der Waals surface area contributed by atoms with Crippen LogP contribution in [0.3, 0.4) is 0 Å². The molecule has 25 heavy (non-hydrogen) atoms. The summed E-state index contributed by atoms with van der Waals surface area (Å²) in [7, 11) is 2.91. The van der Waals surface area contributed by atoms with E-state index in [-0.39, 0.29) is 12.6 Å². The zero-order valence-corrected chi connectivity index (χ0v) is 13.1. The molecule has 0 spiro atoms. The van der Waals surface area contributed by atoms with Crippen LogP contribution >= 0.6 is 0 Å². The number of rotatable bonds is 3. The number of amides is 1. The molecule has 0 saturated carbocycles. The second-order valence-electron chi connectivity index (χ2n) is 5.48. The summed E-state index contributed by atoms with van der Waals surface area (Å²) >= 11 is 0. The summed E-state index contributed by atoms with van der Waals surface area (Å²) in [4.78, 5) is 13.3. The maximum Gasteiger partial charge on any atom is 0.416 e. The first-order valence-corrected chi connectivity index (χ1v) is 6.90. The number of aromatic nitrogens is 2. The van der Waals surface area contributed by atoms with Gasteiger partial charge in [0.25, 0.3) is 5.91 Å². The van der Waals surface area contributed by atoms with E-state index in [2.05, 4.69) is 5.10 Å². The van der Waals surface area contributed by atoms with Gasteiger partial charge in [-0.15, -0.1) is 0 Å². The second kappa shape index (κ2) is 6.41. The smallest absolute Gasteiger partial charge is 0.337 e. The lowest BCUT2D eigenvalue weighted by Crippen LogP contribution is -2.27. The van der Waals surface area contributed by atoms with Gasteiger partial charge in [0.05, 0.1) is 17.3 Å². The van der Waals surface area contributed by atoms with Crippen molar-refractivity contribution in [3.8, 4) is 0 Å². The van der Waals surface area contributed by atoms with Crippen molar-refractivity contribution in [2.75, 3.05) is 7.05 Å². The van der Waals surface area contributed by atoms with Crippen molar-refractivity contribution in [3.63, 3.8) is 0 Å². The minimum atomic E-state index is -5.00. The van der Waals surface area contributed by atoms with E-state index in [1.165, 1.54) is 17.9 Å². The molecule has 136 valence electrons. The van der Waals surface area contributed by atoms with E-state index in [0.717, 1.165) is 4.90 Å². The molecule has 1 heterocycles. The number of aryl methyl sites for hydroxylation is 1. The normalized spacial score (nSPS) is 12.3. The minimum Gasteiger partial charge on any atom is -0.337 e. The molecule has 0 aliphatic rings. The largest absolute Gasteiger partial charge is 0.416 e. The highest BCUT2D eigenvalue weighted by atomic mass is 19.4. The molecular formula is C15H13F6N3O. The van der Waals surface area contributed by atoms with Crippen LogP contribution in [0.2, 0.25) is 0 Å². The van der Waals surface area contributed by atoms with Crippen LogP contribution in [0.4, 0.5) is 26.3 Å². The quantitative estimate of drug-likeness (QED) is 0.778. The van der Waals surface area contributed by atoms with Gasteiger partial charge in [0.1, 0.15) is 0 Å². The van der Waals surface area contributed by atoms with Crippen LogP contribution in [-0.4, -0.2) is 27.6 Å². The summed E-state index contributed by atoms with van der Waals surface area (Å²) in [5, 5.41) is 3.88. The Kier molecular flexibility index (Phi) is 4.83. The van der Waals surface area contributed by atoms with Gasteiger partial charge in [0, 0.05) is 38.0 Å². The minimum absolute atomic E-state index is 0.00965. The Morgan fingerprint density at radius 1 is 1.08 bits per heavy atom. The summed E-state index contributed by atoms with van der Waals surface area (Å²) in [5.41, 5.74) is -3.16. The van der Waals surface area contributed by atoms with Gasteiger partial charge in [-0.3, -0.25) is 9.48 Å². The van der Waals surface area contributed by atoms with Crippen molar-refractivity contribution in [3.05, 3.63) is 52.8 Å². The van der Waals surface area contributed by atoms with Gasteiger partial charge in [0.15, 0.2) is 0 Å². The zero-order valence-electron chi connectivity index (χ0n) is 13.1. The molecule has 0 radical (unpaired) electrons. The number of benzene rings is 1. The average Bonchev–Trinajstić information content (AvgIpc) is 2.89. The first kappa shape index (κ1) is 18.8. The maximum absolute atomic E-state index is 12.8. The molecule has 1 amide bonds. The topological polar surface area (TPSA) is 38.1 Å². The van der Waals surface area contributed by atoms with Gasteiger partial charge in [-0.25, -0.2) is 0 Å². The van der Waals surface area contributed by atoms with Crippen molar-refractivity contribution in [2.24, 2.45) is 7.05 Å². The zero-order chi connectivity index (χ0) is 19.0. The molecule has 4 nitrogen and oxygen atoms in total. The molecule has 1 aromatic carbocycles. The van der Waals surface area contributed by atoms with Gasteiger partial charge >= 0.3 is 12.4 Å². The Hall–Kier alpha value is -2.52. The predicted octanol–water partition coefficient (Wildman–Crippen LogP) is 3.73. The fraction of sp³-hybridized carbons (Fsp3) is 0.333. The summed E-state index contributed by atoms with van der Waals surface area (Å²) in [6.45, 7) is -0.00965. The number of alkyl halides is 6. The number of carbonyl (C=O) groups excluding carboxylic acids is 1. The standard InChI is InChI=1S/C15H13F6N3O/c1-23(7-9-6-22-24(2)8-9)13(25)10-3-11(14(16,17)18)5-12(4-10)15(19,20)21/h3-6,8H,7H2,1-2H3. The molecule has 0 saturated heterocycles. The number of carbonyl (C=O) groups is 1. The molecule has 0 aliphatic heterocycles. The molecule has 0 atom stereocenters. The van der Waals surface area contributed by atoms with Crippen LogP contribution in [0, 0.1) is 0 Å². The maximum atomic E-state index is 12.8. The molecule has 0 fully saturated rings. The first-order valence-electron chi connectivity index (χ1n) is 6.90. The number of hydrogen-bond acceptors (Lipinski definition) is 2. The predicted molar refractivity (Wildman–Crippen MR) is 75.5 cm³/mol. The molecule has 0 bridgehead atoms. The number of halogens is 6. The van der Waals surface area contributed by atoms with E-state index in [1.807, 2.05) is 0 Å². The lowest BCUT2D eigenvalue weighted by Gasteiger charge is -2.19. The molecule has 0 unspecified atom stereocenters. The van der Waals surface area contributed by atoms with Crippen molar-refractivity contribution >= 4 is 5.91 Å². The highest BCUT2D eigenvalue weighted by Crippen LogP contribution is 2.36. The summed E-state index contributed by atoms with van der Waals surface area (Å²) in [6.07, 6.45) is -6.98. The highest BCUT2D eigenvalue weighted by Gasteiger charge is 2.37. The first-order chi connectivity index (χ1) is 11.4. The van der Waals surface area contributed by atoms with E-state index in [0.29, 0.717) is 17.7 Å². The summed E-state index contributed by atoms with van der Waals surface area (Å²) < 4.78 is 78.5. The third-order valence-electron chi connectivity index (χ3n) is 3.36. The molecule has 2 aromatic rings. The molecular weight excluding hydrogens is 352 g/mol. The van der Waals surface area contributed by atoms with Crippen molar-refractivity contribution < 1.29 is 31.1 Å². The highest BCUT2D eigenvalue weighted by molar-refractivity contribution is 5.94. The molecule has 0 aliphatic carbocycles. The van der Waals surface area contributed by atoms with Gasteiger partial charge in [-0.2, -0.15) is 31.4 Å². The van der Waals surface area contributed by atoms with Crippen molar-refractivity contribution in [1.29, 1.82) is 0 Å². The van der Waals surface area contributed by atoms with E-state index < -0.39 is 35.0 Å². The van der Waals surface area contributed by atoms with Gasteiger partial charge in [-0.1, -0.05) is 0 Å². The molecule has 10 heteroatoms. The van der Waals surface area contributed by atoms with Crippen LogP contribution < -0.4 is 0 Å². The Bertz CT molecular complexity index is 746. The Labute approximate surface area is 138 Å². The monoisotopic (exact) mass is 365 g/mol. The second-order valence-corrected chi connectivity index (χ2v) is 5.48. The van der Waals surface area contributed by atoms with E-state index in [9.17, 15) is 31.1 Å². The number of hydrogen-bond donors (Lipinski definition) is 0. The van der Waals surface area contributed by atoms with Crippen LogP contribution in [-0.2, 0) is 25.9 Å². The Balaban J connectivity index is 2.37. The SMILES string of the molecule is CN(Cc1cnn(C)c1)C(=O)c1cc(C(F)(F)F)cc(C(F)(F)F)c1. The fourth-order valence-electron chi connectivity index (χ4n) is 2.20. The molecule has 1 aromatic heterocycles. The molecule has 0 N–H and O–H groups in total. The van der Waals surface area contributed by atoms with E-state index in [1.54, 1.807) is 13.2 Å². The van der Waals surface area contributed by atoms with Gasteiger partial charge < -0.3 is 4.90 Å². The molecule has 2 rings (SSSR count). The van der Waals surface area contributed by atoms with Crippen molar-refractivity contribution in [1.82, 2.24) is 14.7 Å². The fourth-order valence-corrected chi connectivity index (χ4v) is 2.20. The summed E-state index contributed by atoms with van der Waals surface area (Å²) in [6, 6.07) is 0.812.